The normalized spacial score (nSPS) is 26.1. The molecule has 0 bridgehead atoms. The van der Waals surface area contributed by atoms with Crippen LogP contribution in [0.2, 0.25) is 10.0 Å². The Hall–Kier alpha value is -0.280. The summed E-state index contributed by atoms with van der Waals surface area (Å²) in [7, 11) is 0. The van der Waals surface area contributed by atoms with Crippen LogP contribution in [0.25, 0.3) is 0 Å². The summed E-state index contributed by atoms with van der Waals surface area (Å²) in [6.07, 6.45) is 3.19. The Labute approximate surface area is 112 Å². The second-order valence-electron chi connectivity index (χ2n) is 4.63. The van der Waals surface area contributed by atoms with Crippen molar-refractivity contribution < 1.29 is 4.74 Å². The predicted molar refractivity (Wildman–Crippen MR) is 71.7 cm³/mol. The van der Waals surface area contributed by atoms with E-state index in [9.17, 15) is 0 Å². The van der Waals surface area contributed by atoms with Crippen molar-refractivity contribution in [3.05, 3.63) is 33.8 Å². The van der Waals surface area contributed by atoms with Crippen LogP contribution in [0.15, 0.2) is 18.2 Å². The Morgan fingerprint density at radius 1 is 1.35 bits per heavy atom. The van der Waals surface area contributed by atoms with E-state index in [1.54, 1.807) is 0 Å². The van der Waals surface area contributed by atoms with Crippen LogP contribution < -0.4 is 5.73 Å². The smallest absolute Gasteiger partial charge is 0.0733 e. The van der Waals surface area contributed by atoms with Gasteiger partial charge in [-0.2, -0.15) is 0 Å². The van der Waals surface area contributed by atoms with Crippen LogP contribution in [-0.2, 0) is 11.2 Å². The molecule has 4 heteroatoms. The minimum atomic E-state index is -0.0441. The van der Waals surface area contributed by atoms with Crippen molar-refractivity contribution in [1.29, 1.82) is 0 Å². The van der Waals surface area contributed by atoms with Gasteiger partial charge in [0.15, 0.2) is 0 Å². The fourth-order valence-corrected chi connectivity index (χ4v) is 2.79. The van der Waals surface area contributed by atoms with Crippen LogP contribution >= 0.6 is 23.2 Å². The highest BCUT2D eigenvalue weighted by Gasteiger charge is 2.28. The number of ether oxygens (including phenoxy) is 1. The lowest BCUT2D eigenvalue weighted by Gasteiger charge is -2.20. The monoisotopic (exact) mass is 273 g/mol. The second-order valence-corrected chi connectivity index (χ2v) is 5.45. The molecule has 0 aromatic heterocycles. The largest absolute Gasteiger partial charge is 0.374 e. The summed E-state index contributed by atoms with van der Waals surface area (Å²) >= 11 is 12.3. The van der Waals surface area contributed by atoms with Crippen molar-refractivity contribution in [2.75, 3.05) is 0 Å². The van der Waals surface area contributed by atoms with Crippen LogP contribution in [0.3, 0.4) is 0 Å². The van der Waals surface area contributed by atoms with E-state index in [0.717, 1.165) is 18.4 Å². The summed E-state index contributed by atoms with van der Waals surface area (Å²) in [5, 5.41) is 1.36. The molecular formula is C13H17Cl2NO. The standard InChI is InChI=1S/C13H17Cl2NO/c1-8-5-6-13(17-8)12(16)7-9-10(14)3-2-4-11(9)15/h2-4,8,12-13H,5-7,16H2,1H3. The zero-order chi connectivity index (χ0) is 12.4. The molecule has 0 aliphatic carbocycles. The number of hydrogen-bond acceptors (Lipinski definition) is 2. The van der Waals surface area contributed by atoms with E-state index < -0.39 is 0 Å². The summed E-state index contributed by atoms with van der Waals surface area (Å²) in [6, 6.07) is 5.48. The summed E-state index contributed by atoms with van der Waals surface area (Å²) < 4.78 is 5.76. The topological polar surface area (TPSA) is 35.2 Å². The van der Waals surface area contributed by atoms with Crippen LogP contribution in [0.5, 0.6) is 0 Å². The lowest BCUT2D eigenvalue weighted by atomic mass is 10.00. The Balaban J connectivity index is 2.05. The third kappa shape index (κ3) is 3.14. The van der Waals surface area contributed by atoms with Crippen LogP contribution in [0.1, 0.15) is 25.3 Å². The van der Waals surface area contributed by atoms with E-state index in [0.29, 0.717) is 22.6 Å². The van der Waals surface area contributed by atoms with E-state index in [2.05, 4.69) is 6.92 Å². The first-order chi connectivity index (χ1) is 8.08. The zero-order valence-corrected chi connectivity index (χ0v) is 11.3. The molecule has 1 saturated heterocycles. The van der Waals surface area contributed by atoms with Crippen molar-refractivity contribution in [3.8, 4) is 0 Å². The number of rotatable bonds is 3. The third-order valence-electron chi connectivity index (χ3n) is 3.24. The first-order valence-electron chi connectivity index (χ1n) is 5.92. The van der Waals surface area contributed by atoms with E-state index in [1.165, 1.54) is 0 Å². The van der Waals surface area contributed by atoms with Gasteiger partial charge in [-0.1, -0.05) is 29.3 Å². The van der Waals surface area contributed by atoms with Gasteiger partial charge in [0.25, 0.3) is 0 Å². The molecule has 17 heavy (non-hydrogen) atoms. The molecule has 0 radical (unpaired) electrons. The fraction of sp³-hybridized carbons (Fsp3) is 0.538. The number of hydrogen-bond donors (Lipinski definition) is 1. The van der Waals surface area contributed by atoms with Gasteiger partial charge >= 0.3 is 0 Å². The Bertz CT molecular complexity index is 377. The van der Waals surface area contributed by atoms with Gasteiger partial charge in [0, 0.05) is 16.1 Å². The first kappa shape index (κ1) is 13.2. The van der Waals surface area contributed by atoms with Crippen LogP contribution in [0.4, 0.5) is 0 Å². The van der Waals surface area contributed by atoms with Crippen LogP contribution in [-0.4, -0.2) is 18.2 Å². The lowest BCUT2D eigenvalue weighted by molar-refractivity contribution is 0.0405. The Morgan fingerprint density at radius 3 is 2.53 bits per heavy atom. The summed E-state index contributed by atoms with van der Waals surface area (Å²) in [6.45, 7) is 2.08. The first-order valence-corrected chi connectivity index (χ1v) is 6.67. The molecule has 0 saturated carbocycles. The molecular weight excluding hydrogens is 257 g/mol. The highest BCUT2D eigenvalue weighted by atomic mass is 35.5. The molecule has 1 heterocycles. The summed E-state index contributed by atoms with van der Waals surface area (Å²) in [5.41, 5.74) is 7.09. The third-order valence-corrected chi connectivity index (χ3v) is 3.95. The van der Waals surface area contributed by atoms with E-state index in [1.807, 2.05) is 18.2 Å². The molecule has 1 fully saturated rings. The maximum Gasteiger partial charge on any atom is 0.0733 e. The maximum atomic E-state index is 6.17. The molecule has 3 unspecified atom stereocenters. The molecule has 3 atom stereocenters. The summed E-state index contributed by atoms with van der Waals surface area (Å²) in [4.78, 5) is 0. The minimum absolute atomic E-state index is 0.0441. The van der Waals surface area contributed by atoms with Crippen molar-refractivity contribution in [3.63, 3.8) is 0 Å². The highest BCUT2D eigenvalue weighted by molar-refractivity contribution is 6.36. The molecule has 2 N–H and O–H groups in total. The van der Waals surface area contributed by atoms with Gasteiger partial charge in [0.05, 0.1) is 12.2 Å². The SMILES string of the molecule is CC1CCC(C(N)Cc2c(Cl)cccc2Cl)O1. The fourth-order valence-electron chi connectivity index (χ4n) is 2.24. The molecule has 2 rings (SSSR count). The summed E-state index contributed by atoms with van der Waals surface area (Å²) in [5.74, 6) is 0. The zero-order valence-electron chi connectivity index (χ0n) is 9.83. The number of benzene rings is 1. The average molecular weight is 274 g/mol. The average Bonchev–Trinajstić information content (AvgIpc) is 2.70. The van der Waals surface area contributed by atoms with Crippen molar-refractivity contribution in [1.82, 2.24) is 0 Å². The van der Waals surface area contributed by atoms with E-state index in [-0.39, 0.29) is 12.1 Å². The van der Waals surface area contributed by atoms with Gasteiger partial charge in [-0.05, 0) is 43.9 Å². The molecule has 1 aromatic rings. The predicted octanol–water partition coefficient (Wildman–Crippen LogP) is 3.43. The van der Waals surface area contributed by atoms with Crippen molar-refractivity contribution >= 4 is 23.2 Å². The molecule has 0 amide bonds. The van der Waals surface area contributed by atoms with Gasteiger partial charge in [0.2, 0.25) is 0 Å². The minimum Gasteiger partial charge on any atom is -0.374 e. The Kier molecular flexibility index (Phi) is 4.31. The second kappa shape index (κ2) is 5.57. The van der Waals surface area contributed by atoms with Crippen molar-refractivity contribution in [2.24, 2.45) is 5.73 Å². The van der Waals surface area contributed by atoms with Gasteiger partial charge < -0.3 is 10.5 Å². The molecule has 1 aromatic carbocycles. The van der Waals surface area contributed by atoms with Crippen molar-refractivity contribution in [2.45, 2.75) is 44.4 Å². The molecule has 1 aliphatic rings. The van der Waals surface area contributed by atoms with E-state index in [4.69, 9.17) is 33.7 Å². The van der Waals surface area contributed by atoms with Gasteiger partial charge in [-0.3, -0.25) is 0 Å². The molecule has 2 nitrogen and oxygen atoms in total. The highest BCUT2D eigenvalue weighted by Crippen LogP contribution is 2.28. The quantitative estimate of drug-likeness (QED) is 0.916. The maximum absolute atomic E-state index is 6.17. The molecule has 94 valence electrons. The number of nitrogens with two attached hydrogens (primary N) is 1. The molecule has 0 spiro atoms. The van der Waals surface area contributed by atoms with E-state index >= 15 is 0 Å². The number of halogens is 2. The lowest BCUT2D eigenvalue weighted by Crippen LogP contribution is -2.36. The Morgan fingerprint density at radius 2 is 2.00 bits per heavy atom. The molecule has 1 aliphatic heterocycles. The van der Waals surface area contributed by atoms with Gasteiger partial charge in [0.1, 0.15) is 0 Å². The van der Waals surface area contributed by atoms with Gasteiger partial charge in [-0.25, -0.2) is 0 Å². The van der Waals surface area contributed by atoms with Gasteiger partial charge in [-0.15, -0.1) is 0 Å². The van der Waals surface area contributed by atoms with Crippen LogP contribution in [0, 0.1) is 0 Å².